The number of allylic oxidation sites excluding steroid dienone is 3. The summed E-state index contributed by atoms with van der Waals surface area (Å²) in [7, 11) is 0. The van der Waals surface area contributed by atoms with E-state index in [1.54, 1.807) is 0 Å². The minimum Gasteiger partial charge on any atom is -0.357 e. The van der Waals surface area contributed by atoms with Gasteiger partial charge in [-0.25, -0.2) is 4.99 Å². The van der Waals surface area contributed by atoms with Crippen molar-refractivity contribution in [3.63, 3.8) is 0 Å². The molecule has 0 bridgehead atoms. The fraction of sp³-hybridized carbons (Fsp3) is 0.455. The fourth-order valence-electron chi connectivity index (χ4n) is 3.66. The van der Waals surface area contributed by atoms with E-state index in [4.69, 9.17) is 0 Å². The Morgan fingerprint density at radius 2 is 1.96 bits per heavy atom. The normalized spacial score (nSPS) is 25.5. The summed E-state index contributed by atoms with van der Waals surface area (Å²) in [5.74, 6) is 1.83. The summed E-state index contributed by atoms with van der Waals surface area (Å²) in [6.45, 7) is 6.04. The van der Waals surface area contributed by atoms with Crippen LogP contribution >= 0.6 is 0 Å². The van der Waals surface area contributed by atoms with E-state index in [0.29, 0.717) is 12.3 Å². The smallest absolute Gasteiger partial charge is 0.226 e. The van der Waals surface area contributed by atoms with E-state index in [1.807, 2.05) is 54.4 Å². The predicted molar refractivity (Wildman–Crippen MR) is 108 cm³/mol. The quantitative estimate of drug-likeness (QED) is 0.806. The maximum atomic E-state index is 12.6. The molecule has 0 N–H and O–H groups in total. The lowest BCUT2D eigenvalue weighted by atomic mass is 10.0. The van der Waals surface area contributed by atoms with Crippen molar-refractivity contribution in [2.24, 2.45) is 10.9 Å². The fourth-order valence-corrected chi connectivity index (χ4v) is 3.66. The number of likely N-dealkylation sites (tertiary alicyclic amines) is 1. The number of piperidine rings is 1. The topological polar surface area (TPSA) is 35.9 Å². The van der Waals surface area contributed by atoms with Gasteiger partial charge in [0.1, 0.15) is 5.82 Å². The van der Waals surface area contributed by atoms with E-state index in [2.05, 4.69) is 29.0 Å². The largest absolute Gasteiger partial charge is 0.357 e. The maximum Gasteiger partial charge on any atom is 0.226 e. The minimum absolute atomic E-state index is 0.205. The number of aliphatic imine (C=N–C) groups is 1. The van der Waals surface area contributed by atoms with Crippen molar-refractivity contribution in [1.82, 2.24) is 4.90 Å². The second-order valence-electron chi connectivity index (χ2n) is 7.11. The number of hydrogen-bond acceptors (Lipinski definition) is 3. The SMILES string of the molecule is CCC(=O)N(c1ccccc1)C1CCN(C2=C\CC(C)/C=C/C=N\2)CC1. The highest BCUT2D eigenvalue weighted by Crippen LogP contribution is 2.26. The van der Waals surface area contributed by atoms with Gasteiger partial charge in [-0.3, -0.25) is 4.79 Å². The molecule has 0 spiro atoms. The third-order valence-corrected chi connectivity index (χ3v) is 5.16. The van der Waals surface area contributed by atoms with Crippen molar-refractivity contribution in [3.05, 3.63) is 54.4 Å². The number of nitrogens with zero attached hydrogens (tertiary/aromatic N) is 3. The lowest BCUT2D eigenvalue weighted by molar-refractivity contribution is -0.119. The van der Waals surface area contributed by atoms with Crippen LogP contribution in [0.3, 0.4) is 0 Å². The van der Waals surface area contributed by atoms with Crippen molar-refractivity contribution in [3.8, 4) is 0 Å². The van der Waals surface area contributed by atoms with Crippen molar-refractivity contribution < 1.29 is 4.79 Å². The number of benzene rings is 1. The molecule has 0 saturated carbocycles. The van der Waals surface area contributed by atoms with E-state index >= 15 is 0 Å². The summed E-state index contributed by atoms with van der Waals surface area (Å²) in [6, 6.07) is 10.3. The Labute approximate surface area is 156 Å². The molecule has 1 atom stereocenters. The zero-order valence-corrected chi connectivity index (χ0v) is 15.8. The molecule has 138 valence electrons. The van der Waals surface area contributed by atoms with E-state index in [1.165, 1.54) is 0 Å². The summed E-state index contributed by atoms with van der Waals surface area (Å²) in [4.78, 5) is 21.6. The Kier molecular flexibility index (Phi) is 6.26. The average Bonchev–Trinajstić information content (AvgIpc) is 2.67. The summed E-state index contributed by atoms with van der Waals surface area (Å²) < 4.78 is 0. The molecule has 0 aliphatic carbocycles. The highest BCUT2D eigenvalue weighted by Gasteiger charge is 2.29. The zero-order chi connectivity index (χ0) is 18.4. The van der Waals surface area contributed by atoms with Crippen LogP contribution in [-0.4, -0.2) is 36.2 Å². The first kappa shape index (κ1) is 18.4. The number of rotatable bonds is 4. The molecule has 3 rings (SSSR count). The molecular formula is C22H29N3O. The molecule has 2 aliphatic heterocycles. The molecule has 2 aliphatic rings. The Bertz CT molecular complexity index is 685. The van der Waals surface area contributed by atoms with Gasteiger partial charge in [0.2, 0.25) is 5.91 Å². The molecular weight excluding hydrogens is 322 g/mol. The van der Waals surface area contributed by atoms with E-state index in [0.717, 1.165) is 43.9 Å². The molecule has 1 aromatic carbocycles. The second kappa shape index (κ2) is 8.84. The lowest BCUT2D eigenvalue weighted by Gasteiger charge is -2.39. The van der Waals surface area contributed by atoms with E-state index in [9.17, 15) is 4.79 Å². The van der Waals surface area contributed by atoms with Gasteiger partial charge in [-0.1, -0.05) is 38.1 Å². The monoisotopic (exact) mass is 351 g/mol. The van der Waals surface area contributed by atoms with Gasteiger partial charge in [-0.2, -0.15) is 0 Å². The standard InChI is InChI=1S/C22H29N3O/c1-3-22(26)25(19-9-5-4-6-10-19)20-13-16-24(17-14-20)21-12-11-18(2)8-7-15-23-21/h4-10,12,15,18,20H,3,11,13-14,16-17H2,1-2H3/b8-7+,21-12-,23-15-. The molecule has 2 heterocycles. The van der Waals surface area contributed by atoms with Gasteiger partial charge in [-0.05, 0) is 49.5 Å². The molecule has 1 aromatic rings. The van der Waals surface area contributed by atoms with Crippen molar-refractivity contribution in [2.75, 3.05) is 18.0 Å². The van der Waals surface area contributed by atoms with Crippen LogP contribution in [0.4, 0.5) is 5.69 Å². The number of anilines is 1. The number of hydrogen-bond donors (Lipinski definition) is 0. The molecule has 1 amide bonds. The van der Waals surface area contributed by atoms with Crippen LogP contribution in [0.2, 0.25) is 0 Å². The van der Waals surface area contributed by atoms with E-state index < -0.39 is 0 Å². The zero-order valence-electron chi connectivity index (χ0n) is 15.8. The number of amides is 1. The Morgan fingerprint density at radius 1 is 1.23 bits per heavy atom. The van der Waals surface area contributed by atoms with Crippen LogP contribution in [0.5, 0.6) is 0 Å². The Balaban J connectivity index is 1.69. The third kappa shape index (κ3) is 4.43. The maximum absolute atomic E-state index is 12.6. The van der Waals surface area contributed by atoms with Crippen LogP contribution in [0.25, 0.3) is 0 Å². The first-order valence-electron chi connectivity index (χ1n) is 9.72. The molecule has 0 radical (unpaired) electrons. The molecule has 1 saturated heterocycles. The lowest BCUT2D eigenvalue weighted by Crippen LogP contribution is -2.47. The molecule has 0 aromatic heterocycles. The predicted octanol–water partition coefficient (Wildman–Crippen LogP) is 4.40. The number of carbonyl (C=O) groups excluding carboxylic acids is 1. The molecule has 1 fully saturated rings. The third-order valence-electron chi connectivity index (χ3n) is 5.16. The summed E-state index contributed by atoms with van der Waals surface area (Å²) in [5.41, 5.74) is 1.01. The van der Waals surface area contributed by atoms with Crippen LogP contribution in [-0.2, 0) is 4.79 Å². The first-order valence-corrected chi connectivity index (χ1v) is 9.72. The molecule has 26 heavy (non-hydrogen) atoms. The Morgan fingerprint density at radius 3 is 2.65 bits per heavy atom. The van der Waals surface area contributed by atoms with Gasteiger partial charge < -0.3 is 9.80 Å². The number of carbonyl (C=O) groups is 1. The number of para-hydroxylation sites is 1. The van der Waals surface area contributed by atoms with E-state index in [-0.39, 0.29) is 11.9 Å². The van der Waals surface area contributed by atoms with Crippen molar-refractivity contribution in [1.29, 1.82) is 0 Å². The summed E-state index contributed by atoms with van der Waals surface area (Å²) >= 11 is 0. The van der Waals surface area contributed by atoms with Gasteiger partial charge in [0.15, 0.2) is 0 Å². The highest BCUT2D eigenvalue weighted by molar-refractivity contribution is 5.93. The minimum atomic E-state index is 0.205. The summed E-state index contributed by atoms with van der Waals surface area (Å²) in [5, 5.41) is 0. The first-order chi connectivity index (χ1) is 12.7. The molecule has 4 nitrogen and oxygen atoms in total. The Hall–Kier alpha value is -2.36. The average molecular weight is 351 g/mol. The van der Waals surface area contributed by atoms with Gasteiger partial charge in [0.05, 0.1) is 0 Å². The van der Waals surface area contributed by atoms with Crippen LogP contribution < -0.4 is 4.90 Å². The van der Waals surface area contributed by atoms with Gasteiger partial charge >= 0.3 is 0 Å². The van der Waals surface area contributed by atoms with Crippen molar-refractivity contribution >= 4 is 17.8 Å². The van der Waals surface area contributed by atoms with Crippen LogP contribution in [0.1, 0.15) is 39.5 Å². The van der Waals surface area contributed by atoms with Gasteiger partial charge in [-0.15, -0.1) is 0 Å². The van der Waals surface area contributed by atoms with Crippen LogP contribution in [0, 0.1) is 5.92 Å². The van der Waals surface area contributed by atoms with Crippen LogP contribution in [0.15, 0.2) is 59.4 Å². The highest BCUT2D eigenvalue weighted by atomic mass is 16.2. The summed E-state index contributed by atoms with van der Waals surface area (Å²) in [6.07, 6.45) is 11.9. The second-order valence-corrected chi connectivity index (χ2v) is 7.11. The molecule has 4 heteroatoms. The van der Waals surface area contributed by atoms with Crippen molar-refractivity contribution in [2.45, 2.75) is 45.6 Å². The van der Waals surface area contributed by atoms with Gasteiger partial charge in [0, 0.05) is 37.5 Å². The van der Waals surface area contributed by atoms with Gasteiger partial charge in [0.25, 0.3) is 0 Å². The molecule has 1 unspecified atom stereocenters.